The molecular weight excluding hydrogens is 270 g/mol. The van der Waals surface area contributed by atoms with Crippen molar-refractivity contribution in [1.29, 1.82) is 0 Å². The van der Waals surface area contributed by atoms with Gasteiger partial charge in [-0.1, -0.05) is 18.2 Å². The molecule has 2 aromatic carbocycles. The molecule has 21 heavy (non-hydrogen) atoms. The van der Waals surface area contributed by atoms with Gasteiger partial charge in [0, 0.05) is 17.3 Å². The zero-order valence-electron chi connectivity index (χ0n) is 11.1. The van der Waals surface area contributed by atoms with Crippen molar-refractivity contribution in [1.82, 2.24) is 0 Å². The number of fused-ring (bicyclic) bond motifs is 2. The van der Waals surface area contributed by atoms with Crippen molar-refractivity contribution in [2.75, 3.05) is 18.5 Å². The highest BCUT2D eigenvalue weighted by atomic mass is 16.6. The van der Waals surface area contributed by atoms with Gasteiger partial charge in [-0.15, -0.1) is 0 Å². The van der Waals surface area contributed by atoms with Crippen LogP contribution < -0.4 is 14.8 Å². The Bertz CT molecular complexity index is 741. The molecule has 1 atom stereocenters. The number of aromatic hydroxyl groups is 1. The van der Waals surface area contributed by atoms with Crippen LogP contribution in [0.4, 0.5) is 5.69 Å². The number of nitrogens with one attached hydrogen (secondary N) is 1. The number of carbonyl (C=O) groups excluding carboxylic acids is 1. The lowest BCUT2D eigenvalue weighted by atomic mass is 9.91. The summed E-state index contributed by atoms with van der Waals surface area (Å²) in [5.41, 5.74) is 2.16. The van der Waals surface area contributed by atoms with Gasteiger partial charge >= 0.3 is 0 Å². The summed E-state index contributed by atoms with van der Waals surface area (Å²) in [6.45, 7) is 0.920. The van der Waals surface area contributed by atoms with Crippen LogP contribution in [0.1, 0.15) is 17.0 Å². The van der Waals surface area contributed by atoms with E-state index in [9.17, 15) is 9.90 Å². The molecule has 1 unspecified atom stereocenters. The highest BCUT2D eigenvalue weighted by Crippen LogP contribution is 2.44. The van der Waals surface area contributed by atoms with E-state index < -0.39 is 5.92 Å². The van der Waals surface area contributed by atoms with Crippen molar-refractivity contribution >= 4 is 11.6 Å². The molecule has 2 heterocycles. The molecular formula is C16H13NO4. The molecule has 0 spiro atoms. The Morgan fingerprint density at radius 3 is 2.57 bits per heavy atom. The second kappa shape index (κ2) is 4.41. The lowest BCUT2D eigenvalue weighted by Crippen LogP contribution is -2.17. The lowest BCUT2D eigenvalue weighted by molar-refractivity contribution is -0.116. The first-order chi connectivity index (χ1) is 10.2. The predicted octanol–water partition coefficient (Wildman–Crippen LogP) is 2.25. The van der Waals surface area contributed by atoms with E-state index in [1.165, 1.54) is 6.07 Å². The molecule has 0 aromatic heterocycles. The summed E-state index contributed by atoms with van der Waals surface area (Å²) in [5, 5.41) is 13.1. The van der Waals surface area contributed by atoms with Gasteiger partial charge in [-0.3, -0.25) is 4.79 Å². The number of hydrogen-bond acceptors (Lipinski definition) is 4. The van der Waals surface area contributed by atoms with Crippen LogP contribution in [0.5, 0.6) is 17.2 Å². The van der Waals surface area contributed by atoms with Crippen molar-refractivity contribution in [3.05, 3.63) is 47.5 Å². The van der Waals surface area contributed by atoms with E-state index in [4.69, 9.17) is 9.47 Å². The predicted molar refractivity (Wildman–Crippen MR) is 76.0 cm³/mol. The summed E-state index contributed by atoms with van der Waals surface area (Å²) in [7, 11) is 0. The number of carbonyl (C=O) groups is 1. The zero-order valence-corrected chi connectivity index (χ0v) is 11.1. The molecule has 4 rings (SSSR count). The number of phenols is 1. The average Bonchev–Trinajstić information content (AvgIpc) is 2.82. The first kappa shape index (κ1) is 12.1. The van der Waals surface area contributed by atoms with E-state index in [1.807, 2.05) is 24.3 Å². The van der Waals surface area contributed by atoms with Gasteiger partial charge in [0.25, 0.3) is 0 Å². The number of phenolic OH excluding ortho intramolecular Hbond substituents is 1. The molecule has 5 nitrogen and oxygen atoms in total. The van der Waals surface area contributed by atoms with E-state index in [2.05, 4.69) is 5.32 Å². The molecule has 2 N–H and O–H groups in total. The first-order valence-corrected chi connectivity index (χ1v) is 6.76. The van der Waals surface area contributed by atoms with Gasteiger partial charge in [0.15, 0.2) is 11.5 Å². The molecule has 0 radical (unpaired) electrons. The van der Waals surface area contributed by atoms with Crippen LogP contribution in [0.25, 0.3) is 0 Å². The SMILES string of the molecule is O=C1Nc2ccccc2C1c1cc2c(cc1O)OCCO2. The minimum Gasteiger partial charge on any atom is -0.507 e. The van der Waals surface area contributed by atoms with Crippen LogP contribution in [0.3, 0.4) is 0 Å². The van der Waals surface area contributed by atoms with Gasteiger partial charge in [0.05, 0.1) is 5.92 Å². The summed E-state index contributed by atoms with van der Waals surface area (Å²) >= 11 is 0. The monoisotopic (exact) mass is 283 g/mol. The molecule has 0 saturated carbocycles. The van der Waals surface area contributed by atoms with Crippen LogP contribution in [0.2, 0.25) is 0 Å². The van der Waals surface area contributed by atoms with Crippen LogP contribution in [-0.2, 0) is 4.79 Å². The van der Waals surface area contributed by atoms with Gasteiger partial charge in [0.1, 0.15) is 19.0 Å². The zero-order chi connectivity index (χ0) is 14.4. The van der Waals surface area contributed by atoms with Crippen molar-refractivity contribution in [2.45, 2.75) is 5.92 Å². The smallest absolute Gasteiger partial charge is 0.236 e. The largest absolute Gasteiger partial charge is 0.507 e. The maximum absolute atomic E-state index is 12.3. The van der Waals surface area contributed by atoms with Crippen molar-refractivity contribution < 1.29 is 19.4 Å². The third kappa shape index (κ3) is 1.81. The Morgan fingerprint density at radius 2 is 1.76 bits per heavy atom. The van der Waals surface area contributed by atoms with Gasteiger partial charge in [-0.25, -0.2) is 0 Å². The minimum absolute atomic E-state index is 0.0381. The van der Waals surface area contributed by atoms with E-state index in [1.54, 1.807) is 6.07 Å². The van der Waals surface area contributed by atoms with Gasteiger partial charge < -0.3 is 19.9 Å². The van der Waals surface area contributed by atoms with E-state index in [-0.39, 0.29) is 11.7 Å². The third-order valence-corrected chi connectivity index (χ3v) is 3.79. The van der Waals surface area contributed by atoms with Crippen molar-refractivity contribution in [3.8, 4) is 17.2 Å². The number of benzene rings is 2. The fourth-order valence-corrected chi connectivity index (χ4v) is 2.84. The molecule has 0 bridgehead atoms. The topological polar surface area (TPSA) is 67.8 Å². The second-order valence-electron chi connectivity index (χ2n) is 5.06. The molecule has 0 fully saturated rings. The quantitative estimate of drug-likeness (QED) is 0.842. The molecule has 2 aromatic rings. The maximum atomic E-state index is 12.3. The van der Waals surface area contributed by atoms with E-state index >= 15 is 0 Å². The lowest BCUT2D eigenvalue weighted by Gasteiger charge is -2.21. The molecule has 2 aliphatic rings. The molecule has 2 aliphatic heterocycles. The minimum atomic E-state index is -0.531. The summed E-state index contributed by atoms with van der Waals surface area (Å²) in [6, 6.07) is 10.7. The van der Waals surface area contributed by atoms with Crippen molar-refractivity contribution in [2.24, 2.45) is 0 Å². The highest BCUT2D eigenvalue weighted by Gasteiger charge is 2.34. The highest BCUT2D eigenvalue weighted by molar-refractivity contribution is 6.05. The third-order valence-electron chi connectivity index (χ3n) is 3.79. The number of ether oxygens (including phenoxy) is 2. The normalized spacial score (nSPS) is 19.0. The summed E-state index contributed by atoms with van der Waals surface area (Å²) < 4.78 is 11.0. The number of hydrogen-bond donors (Lipinski definition) is 2. The average molecular weight is 283 g/mol. The number of para-hydroxylation sites is 1. The number of amides is 1. The van der Waals surface area contributed by atoms with Gasteiger partial charge in [-0.2, -0.15) is 0 Å². The van der Waals surface area contributed by atoms with Crippen LogP contribution in [0.15, 0.2) is 36.4 Å². The van der Waals surface area contributed by atoms with Gasteiger partial charge in [-0.05, 0) is 17.7 Å². The van der Waals surface area contributed by atoms with E-state index in [0.29, 0.717) is 30.3 Å². The van der Waals surface area contributed by atoms with Gasteiger partial charge in [0.2, 0.25) is 5.91 Å². The Labute approximate surface area is 121 Å². The summed E-state index contributed by atoms with van der Waals surface area (Å²) in [5.74, 6) is 0.428. The maximum Gasteiger partial charge on any atom is 0.236 e. The molecule has 5 heteroatoms. The Hall–Kier alpha value is -2.69. The Balaban J connectivity index is 1.85. The standard InChI is InChI=1S/C16H13NO4/c18-12-8-14-13(20-5-6-21-14)7-10(12)15-9-3-1-2-4-11(9)17-16(15)19/h1-4,7-8,15,18H,5-6H2,(H,17,19). The molecule has 0 aliphatic carbocycles. The number of anilines is 1. The molecule has 106 valence electrons. The Kier molecular flexibility index (Phi) is 2.54. The molecule has 1 amide bonds. The van der Waals surface area contributed by atoms with E-state index in [0.717, 1.165) is 11.3 Å². The van der Waals surface area contributed by atoms with Crippen LogP contribution in [0, 0.1) is 0 Å². The summed E-state index contributed by atoms with van der Waals surface area (Å²) in [4.78, 5) is 12.3. The van der Waals surface area contributed by atoms with Crippen LogP contribution >= 0.6 is 0 Å². The van der Waals surface area contributed by atoms with Crippen molar-refractivity contribution in [3.63, 3.8) is 0 Å². The fourth-order valence-electron chi connectivity index (χ4n) is 2.84. The summed E-state index contributed by atoms with van der Waals surface area (Å²) in [6.07, 6.45) is 0. The number of rotatable bonds is 1. The second-order valence-corrected chi connectivity index (χ2v) is 5.06. The first-order valence-electron chi connectivity index (χ1n) is 6.76. The van der Waals surface area contributed by atoms with Crippen LogP contribution in [-0.4, -0.2) is 24.2 Å². The fraction of sp³-hybridized carbons (Fsp3) is 0.188. The Morgan fingerprint density at radius 1 is 1.05 bits per heavy atom. The molecule has 0 saturated heterocycles.